The highest BCUT2D eigenvalue weighted by molar-refractivity contribution is 7.92. The van der Waals surface area contributed by atoms with Gasteiger partial charge in [0, 0.05) is 18.6 Å². The summed E-state index contributed by atoms with van der Waals surface area (Å²) < 4.78 is 28.5. The van der Waals surface area contributed by atoms with Gasteiger partial charge in [0.1, 0.15) is 12.6 Å². The molecule has 202 valence electrons. The van der Waals surface area contributed by atoms with Gasteiger partial charge >= 0.3 is 0 Å². The van der Waals surface area contributed by atoms with E-state index in [1.807, 2.05) is 0 Å². The molecule has 1 atom stereocenters. The lowest BCUT2D eigenvalue weighted by molar-refractivity contribution is -0.140. The number of halogens is 3. The predicted molar refractivity (Wildman–Crippen MR) is 152 cm³/mol. The Kier molecular flexibility index (Phi) is 10.1. The Morgan fingerprint density at radius 2 is 1.61 bits per heavy atom. The SMILES string of the molecule is CCC(C(=O)NC)N(Cc1ccc(Cl)c(Cl)c1)C(=O)CN(c1ccc(C)c(Cl)c1)S(=O)(=O)c1ccccc1. The predicted octanol–water partition coefficient (Wildman–Crippen LogP) is 5.70. The molecular formula is C27H28Cl3N3O4S. The average Bonchev–Trinajstić information content (AvgIpc) is 2.90. The monoisotopic (exact) mass is 595 g/mol. The number of anilines is 1. The second kappa shape index (κ2) is 12.8. The lowest BCUT2D eigenvalue weighted by Crippen LogP contribution is -2.51. The normalized spacial score (nSPS) is 12.1. The standard InChI is InChI=1S/C27H28Cl3N3O4S/c1-4-25(27(35)31-3)32(16-19-11-13-22(28)24(30)14-19)26(34)17-33(20-12-10-18(2)23(29)15-20)38(36,37)21-8-6-5-7-9-21/h5-15,25H,4,16-17H2,1-3H3,(H,31,35). The Hall–Kier alpha value is -2.78. The van der Waals surface area contributed by atoms with Crippen LogP contribution in [0.2, 0.25) is 15.1 Å². The van der Waals surface area contributed by atoms with Gasteiger partial charge in [0.25, 0.3) is 10.0 Å². The van der Waals surface area contributed by atoms with Gasteiger partial charge in [-0.3, -0.25) is 13.9 Å². The minimum Gasteiger partial charge on any atom is -0.357 e. The van der Waals surface area contributed by atoms with Crippen molar-refractivity contribution in [3.63, 3.8) is 0 Å². The van der Waals surface area contributed by atoms with Crippen LogP contribution in [-0.4, -0.2) is 44.8 Å². The molecule has 7 nitrogen and oxygen atoms in total. The first kappa shape index (κ1) is 29.8. The van der Waals surface area contributed by atoms with Gasteiger partial charge in [-0.05, 0) is 60.9 Å². The van der Waals surface area contributed by atoms with Gasteiger partial charge in [0.2, 0.25) is 11.8 Å². The number of nitrogens with zero attached hydrogens (tertiary/aromatic N) is 2. The van der Waals surface area contributed by atoms with Gasteiger partial charge < -0.3 is 10.2 Å². The quantitative estimate of drug-likeness (QED) is 0.325. The molecule has 0 aliphatic rings. The molecule has 0 aliphatic carbocycles. The summed E-state index contributed by atoms with van der Waals surface area (Å²) in [4.78, 5) is 28.0. The first-order valence-electron chi connectivity index (χ1n) is 11.8. The largest absolute Gasteiger partial charge is 0.357 e. The third-order valence-corrected chi connectivity index (χ3v) is 8.96. The Balaban J connectivity index is 2.08. The molecule has 0 radical (unpaired) electrons. The van der Waals surface area contributed by atoms with Crippen LogP contribution >= 0.6 is 34.8 Å². The number of nitrogens with one attached hydrogen (secondary N) is 1. The van der Waals surface area contributed by atoms with Gasteiger partial charge in [-0.2, -0.15) is 0 Å². The maximum absolute atomic E-state index is 13.9. The molecule has 11 heteroatoms. The summed E-state index contributed by atoms with van der Waals surface area (Å²) in [5.41, 5.74) is 1.61. The van der Waals surface area contributed by atoms with E-state index in [0.717, 1.165) is 9.87 Å². The van der Waals surface area contributed by atoms with Crippen molar-refractivity contribution in [3.05, 3.63) is 92.9 Å². The Morgan fingerprint density at radius 1 is 0.921 bits per heavy atom. The Morgan fingerprint density at radius 3 is 2.18 bits per heavy atom. The molecule has 3 aromatic rings. The van der Waals surface area contributed by atoms with E-state index in [-0.39, 0.29) is 23.0 Å². The lowest BCUT2D eigenvalue weighted by Gasteiger charge is -2.33. The van der Waals surface area contributed by atoms with E-state index >= 15 is 0 Å². The molecule has 3 aromatic carbocycles. The van der Waals surface area contributed by atoms with Crippen molar-refractivity contribution in [1.82, 2.24) is 10.2 Å². The highest BCUT2D eigenvalue weighted by Gasteiger charge is 2.33. The molecule has 0 bridgehead atoms. The number of carbonyl (C=O) groups excluding carboxylic acids is 2. The van der Waals surface area contributed by atoms with Gasteiger partial charge in [-0.1, -0.05) is 72.1 Å². The van der Waals surface area contributed by atoms with Crippen LogP contribution in [0, 0.1) is 6.92 Å². The fourth-order valence-corrected chi connectivity index (χ4v) is 5.83. The molecule has 1 N–H and O–H groups in total. The number of hydrogen-bond acceptors (Lipinski definition) is 4. The van der Waals surface area contributed by atoms with E-state index in [0.29, 0.717) is 27.1 Å². The zero-order valence-electron chi connectivity index (χ0n) is 21.1. The van der Waals surface area contributed by atoms with Gasteiger partial charge in [-0.25, -0.2) is 8.42 Å². The molecule has 38 heavy (non-hydrogen) atoms. The number of sulfonamides is 1. The summed E-state index contributed by atoms with van der Waals surface area (Å²) in [6, 6.07) is 16.6. The summed E-state index contributed by atoms with van der Waals surface area (Å²) in [5.74, 6) is -0.959. The highest BCUT2D eigenvalue weighted by atomic mass is 35.5. The van der Waals surface area contributed by atoms with Crippen molar-refractivity contribution in [2.24, 2.45) is 0 Å². The lowest BCUT2D eigenvalue weighted by atomic mass is 10.1. The third kappa shape index (κ3) is 6.80. The first-order valence-corrected chi connectivity index (χ1v) is 14.4. The number of benzene rings is 3. The Bertz CT molecular complexity index is 1420. The van der Waals surface area contributed by atoms with E-state index in [1.165, 1.54) is 30.1 Å². The molecule has 0 spiro atoms. The molecule has 3 rings (SSSR count). The molecule has 0 fully saturated rings. The highest BCUT2D eigenvalue weighted by Crippen LogP contribution is 2.29. The van der Waals surface area contributed by atoms with Crippen LogP contribution in [0.3, 0.4) is 0 Å². The van der Waals surface area contributed by atoms with Crippen molar-refractivity contribution < 1.29 is 18.0 Å². The second-order valence-corrected chi connectivity index (χ2v) is 11.7. The summed E-state index contributed by atoms with van der Waals surface area (Å²) >= 11 is 18.6. The maximum atomic E-state index is 13.9. The molecule has 0 saturated heterocycles. The van der Waals surface area contributed by atoms with E-state index in [1.54, 1.807) is 62.4 Å². The van der Waals surface area contributed by atoms with E-state index < -0.39 is 28.5 Å². The molecule has 2 amide bonds. The average molecular weight is 597 g/mol. The van der Waals surface area contributed by atoms with E-state index in [2.05, 4.69) is 5.32 Å². The molecule has 0 aromatic heterocycles. The van der Waals surface area contributed by atoms with E-state index in [4.69, 9.17) is 34.8 Å². The zero-order chi connectivity index (χ0) is 28.0. The summed E-state index contributed by atoms with van der Waals surface area (Å²) in [5, 5.41) is 3.59. The minimum atomic E-state index is -4.17. The Labute approximate surface area is 238 Å². The smallest absolute Gasteiger partial charge is 0.264 e. The van der Waals surface area contributed by atoms with Crippen LogP contribution in [0.4, 0.5) is 5.69 Å². The van der Waals surface area contributed by atoms with Crippen LogP contribution in [0.5, 0.6) is 0 Å². The number of likely N-dealkylation sites (N-methyl/N-ethyl adjacent to an activating group) is 1. The van der Waals surface area contributed by atoms with Crippen molar-refractivity contribution >= 4 is 62.3 Å². The maximum Gasteiger partial charge on any atom is 0.264 e. The van der Waals surface area contributed by atoms with Crippen LogP contribution in [0.25, 0.3) is 0 Å². The van der Waals surface area contributed by atoms with Crippen molar-refractivity contribution in [2.75, 3.05) is 17.9 Å². The number of aryl methyl sites for hydroxylation is 1. The fourth-order valence-electron chi connectivity index (χ4n) is 3.91. The number of amides is 2. The van der Waals surface area contributed by atoms with Gasteiger partial charge in [-0.15, -0.1) is 0 Å². The summed E-state index contributed by atoms with van der Waals surface area (Å²) in [6.45, 7) is 3.01. The minimum absolute atomic E-state index is 0.00945. The van der Waals surface area contributed by atoms with Gasteiger partial charge in [0.05, 0.1) is 20.6 Å². The zero-order valence-corrected chi connectivity index (χ0v) is 24.2. The summed E-state index contributed by atoms with van der Waals surface area (Å²) in [6.07, 6.45) is 0.300. The van der Waals surface area contributed by atoms with Crippen molar-refractivity contribution in [2.45, 2.75) is 37.8 Å². The first-order chi connectivity index (χ1) is 18.0. The molecular weight excluding hydrogens is 569 g/mol. The molecule has 0 saturated carbocycles. The van der Waals surface area contributed by atoms with Crippen LogP contribution in [0.15, 0.2) is 71.6 Å². The topological polar surface area (TPSA) is 86.8 Å². The van der Waals surface area contributed by atoms with Crippen molar-refractivity contribution in [1.29, 1.82) is 0 Å². The van der Waals surface area contributed by atoms with Crippen LogP contribution < -0.4 is 9.62 Å². The van der Waals surface area contributed by atoms with Crippen LogP contribution in [-0.2, 0) is 26.2 Å². The molecule has 0 aliphatic heterocycles. The number of carbonyl (C=O) groups is 2. The van der Waals surface area contributed by atoms with Crippen LogP contribution in [0.1, 0.15) is 24.5 Å². The summed E-state index contributed by atoms with van der Waals surface area (Å²) in [7, 11) is -2.69. The number of hydrogen-bond donors (Lipinski definition) is 1. The molecule has 1 unspecified atom stereocenters. The van der Waals surface area contributed by atoms with Crippen molar-refractivity contribution in [3.8, 4) is 0 Å². The fraction of sp³-hybridized carbons (Fsp3) is 0.259. The second-order valence-electron chi connectivity index (χ2n) is 8.57. The third-order valence-electron chi connectivity index (χ3n) is 6.02. The number of rotatable bonds is 10. The van der Waals surface area contributed by atoms with E-state index in [9.17, 15) is 18.0 Å². The molecule has 0 heterocycles. The van der Waals surface area contributed by atoms with Gasteiger partial charge in [0.15, 0.2) is 0 Å².